The third kappa shape index (κ3) is 1.98. The average molecular weight is 288 g/mol. The van der Waals surface area contributed by atoms with Gasteiger partial charge in [-0.3, -0.25) is 5.10 Å². The first kappa shape index (κ1) is 10.4. The average Bonchev–Trinajstić information content (AvgIpc) is 2.58. The number of aromatic nitrogens is 3. The van der Waals surface area contributed by atoms with Gasteiger partial charge < -0.3 is 5.73 Å². The number of nitrogen functional groups attached to an aromatic ring is 1. The number of H-pyrrole nitrogens is 1. The molecule has 0 aliphatic heterocycles. The number of nitrogens with one attached hydrogen (secondary N) is 1. The molecule has 4 nitrogen and oxygen atoms in total. The molecule has 1 aromatic heterocycles. The predicted octanol–water partition coefficient (Wildman–Crippen LogP) is 2.78. The first-order chi connectivity index (χ1) is 7.08. The van der Waals surface area contributed by atoms with Gasteiger partial charge in [0.25, 0.3) is 0 Å². The number of nitrogens with two attached hydrogens (primary N) is 1. The monoisotopic (exact) mass is 286 g/mol. The molecular formula is C9H8BrClN4. The summed E-state index contributed by atoms with van der Waals surface area (Å²) < 4.78 is 0.892. The minimum atomic E-state index is 0.223. The van der Waals surface area contributed by atoms with Crippen LogP contribution in [0.5, 0.6) is 0 Å². The smallest absolute Gasteiger partial charge is 0.239 e. The maximum Gasteiger partial charge on any atom is 0.239 e. The van der Waals surface area contributed by atoms with Crippen LogP contribution in [-0.4, -0.2) is 15.2 Å². The molecule has 2 aromatic rings. The van der Waals surface area contributed by atoms with Crippen LogP contribution in [0, 0.1) is 6.92 Å². The summed E-state index contributed by atoms with van der Waals surface area (Å²) in [6, 6.07) is 3.75. The Morgan fingerprint density at radius 1 is 1.47 bits per heavy atom. The van der Waals surface area contributed by atoms with Crippen LogP contribution in [0.3, 0.4) is 0 Å². The summed E-state index contributed by atoms with van der Waals surface area (Å²) in [5.41, 5.74) is 7.27. The summed E-state index contributed by atoms with van der Waals surface area (Å²) >= 11 is 9.43. The van der Waals surface area contributed by atoms with Crippen molar-refractivity contribution >= 4 is 33.5 Å². The highest BCUT2D eigenvalue weighted by Gasteiger charge is 2.10. The Balaban J connectivity index is 2.62. The number of aromatic amines is 1. The Hall–Kier alpha value is -1.07. The van der Waals surface area contributed by atoms with E-state index in [0.717, 1.165) is 15.6 Å². The maximum absolute atomic E-state index is 6.05. The molecule has 1 heterocycles. The van der Waals surface area contributed by atoms with Gasteiger partial charge in [-0.15, -0.1) is 5.10 Å². The van der Waals surface area contributed by atoms with E-state index in [1.54, 1.807) is 0 Å². The molecule has 0 unspecified atom stereocenters. The molecule has 78 valence electrons. The lowest BCUT2D eigenvalue weighted by Gasteiger charge is -2.05. The molecule has 0 aliphatic rings. The topological polar surface area (TPSA) is 67.6 Å². The fourth-order valence-electron chi connectivity index (χ4n) is 1.29. The zero-order valence-corrected chi connectivity index (χ0v) is 10.2. The van der Waals surface area contributed by atoms with Crippen molar-refractivity contribution in [3.05, 3.63) is 27.2 Å². The van der Waals surface area contributed by atoms with Crippen LogP contribution in [0.1, 0.15) is 5.56 Å². The van der Waals surface area contributed by atoms with E-state index < -0.39 is 0 Å². The molecule has 0 radical (unpaired) electrons. The van der Waals surface area contributed by atoms with Gasteiger partial charge in [-0.05, 0) is 24.6 Å². The highest BCUT2D eigenvalue weighted by molar-refractivity contribution is 9.10. The number of anilines is 1. The molecule has 0 aliphatic carbocycles. The number of hydrogen-bond donors (Lipinski definition) is 2. The van der Waals surface area contributed by atoms with Gasteiger partial charge in [-0.2, -0.15) is 4.98 Å². The Bertz CT molecular complexity index is 509. The molecule has 0 bridgehead atoms. The van der Waals surface area contributed by atoms with Crippen molar-refractivity contribution in [3.63, 3.8) is 0 Å². The number of rotatable bonds is 1. The maximum atomic E-state index is 6.05. The third-order valence-corrected chi connectivity index (χ3v) is 2.92. The molecule has 3 N–H and O–H groups in total. The van der Waals surface area contributed by atoms with Crippen molar-refractivity contribution in [1.82, 2.24) is 15.2 Å². The van der Waals surface area contributed by atoms with E-state index in [1.165, 1.54) is 0 Å². The van der Waals surface area contributed by atoms with E-state index in [1.807, 2.05) is 19.1 Å². The quantitative estimate of drug-likeness (QED) is 0.847. The van der Waals surface area contributed by atoms with Crippen LogP contribution in [0.2, 0.25) is 5.02 Å². The van der Waals surface area contributed by atoms with Crippen molar-refractivity contribution in [2.75, 3.05) is 5.73 Å². The molecular weight excluding hydrogens is 279 g/mol. The lowest BCUT2D eigenvalue weighted by molar-refractivity contribution is 1.10. The van der Waals surface area contributed by atoms with Gasteiger partial charge in [0, 0.05) is 15.1 Å². The molecule has 0 amide bonds. The number of hydrogen-bond acceptors (Lipinski definition) is 3. The molecule has 0 fully saturated rings. The molecule has 0 saturated carbocycles. The summed E-state index contributed by atoms with van der Waals surface area (Å²) in [5, 5.41) is 7.20. The molecule has 0 spiro atoms. The molecule has 6 heteroatoms. The van der Waals surface area contributed by atoms with E-state index >= 15 is 0 Å². The second kappa shape index (κ2) is 3.83. The van der Waals surface area contributed by atoms with Crippen molar-refractivity contribution in [2.24, 2.45) is 0 Å². The summed E-state index contributed by atoms with van der Waals surface area (Å²) in [6.45, 7) is 1.92. The summed E-state index contributed by atoms with van der Waals surface area (Å²) in [4.78, 5) is 4.06. The van der Waals surface area contributed by atoms with Gasteiger partial charge in [0.1, 0.15) is 0 Å². The second-order valence-corrected chi connectivity index (χ2v) is 4.43. The highest BCUT2D eigenvalue weighted by Crippen LogP contribution is 2.30. The Kier molecular flexibility index (Phi) is 2.67. The van der Waals surface area contributed by atoms with Crippen LogP contribution in [0.15, 0.2) is 16.6 Å². The van der Waals surface area contributed by atoms with Gasteiger partial charge in [-0.25, -0.2) is 0 Å². The number of benzene rings is 1. The Morgan fingerprint density at radius 2 is 2.20 bits per heavy atom. The molecule has 15 heavy (non-hydrogen) atoms. The van der Waals surface area contributed by atoms with Crippen LogP contribution in [0.4, 0.5) is 5.95 Å². The van der Waals surface area contributed by atoms with Gasteiger partial charge in [-0.1, -0.05) is 27.5 Å². The standard InChI is InChI=1S/C9H8BrClN4/c1-4-6(2-5(10)3-7(4)11)8-13-9(12)15-14-8/h2-3H,1H3,(H3,12,13,14,15). The largest absolute Gasteiger partial charge is 0.366 e. The molecule has 2 rings (SSSR count). The molecule has 0 saturated heterocycles. The van der Waals surface area contributed by atoms with E-state index in [0.29, 0.717) is 10.8 Å². The lowest BCUT2D eigenvalue weighted by atomic mass is 10.1. The summed E-state index contributed by atoms with van der Waals surface area (Å²) in [7, 11) is 0. The van der Waals surface area contributed by atoms with Crippen molar-refractivity contribution in [3.8, 4) is 11.4 Å². The predicted molar refractivity (Wildman–Crippen MR) is 63.7 cm³/mol. The fraction of sp³-hybridized carbons (Fsp3) is 0.111. The van der Waals surface area contributed by atoms with Crippen molar-refractivity contribution in [1.29, 1.82) is 0 Å². The minimum absolute atomic E-state index is 0.223. The lowest BCUT2D eigenvalue weighted by Crippen LogP contribution is -1.88. The first-order valence-electron chi connectivity index (χ1n) is 4.22. The van der Waals surface area contributed by atoms with Crippen LogP contribution >= 0.6 is 27.5 Å². The third-order valence-electron chi connectivity index (χ3n) is 2.07. The Morgan fingerprint density at radius 3 is 2.80 bits per heavy atom. The minimum Gasteiger partial charge on any atom is -0.366 e. The van der Waals surface area contributed by atoms with Gasteiger partial charge in [0.2, 0.25) is 5.95 Å². The van der Waals surface area contributed by atoms with Crippen LogP contribution in [-0.2, 0) is 0 Å². The van der Waals surface area contributed by atoms with E-state index in [4.69, 9.17) is 17.3 Å². The SMILES string of the molecule is Cc1c(Cl)cc(Br)cc1-c1nc(N)n[nH]1. The van der Waals surface area contributed by atoms with Gasteiger partial charge >= 0.3 is 0 Å². The normalized spacial score (nSPS) is 10.6. The fourth-order valence-corrected chi connectivity index (χ4v) is 2.10. The van der Waals surface area contributed by atoms with Crippen LogP contribution in [0.25, 0.3) is 11.4 Å². The van der Waals surface area contributed by atoms with E-state index in [-0.39, 0.29) is 5.95 Å². The Labute approximate surface area is 100.0 Å². The van der Waals surface area contributed by atoms with Crippen LogP contribution < -0.4 is 5.73 Å². The molecule has 0 atom stereocenters. The first-order valence-corrected chi connectivity index (χ1v) is 5.39. The number of nitrogens with zero attached hydrogens (tertiary/aromatic N) is 2. The second-order valence-electron chi connectivity index (χ2n) is 3.10. The zero-order chi connectivity index (χ0) is 11.0. The van der Waals surface area contributed by atoms with Crippen molar-refractivity contribution < 1.29 is 0 Å². The van der Waals surface area contributed by atoms with Gasteiger partial charge in [0.15, 0.2) is 5.82 Å². The highest BCUT2D eigenvalue weighted by atomic mass is 79.9. The summed E-state index contributed by atoms with van der Waals surface area (Å²) in [5.74, 6) is 0.841. The summed E-state index contributed by atoms with van der Waals surface area (Å²) in [6.07, 6.45) is 0. The molecule has 1 aromatic carbocycles. The van der Waals surface area contributed by atoms with Gasteiger partial charge in [0.05, 0.1) is 0 Å². The number of halogens is 2. The van der Waals surface area contributed by atoms with E-state index in [2.05, 4.69) is 31.1 Å². The zero-order valence-electron chi connectivity index (χ0n) is 7.88. The van der Waals surface area contributed by atoms with Crippen molar-refractivity contribution in [2.45, 2.75) is 6.92 Å². The van der Waals surface area contributed by atoms with E-state index in [9.17, 15) is 0 Å².